The van der Waals surface area contributed by atoms with Gasteiger partial charge in [-0.05, 0) is 67.5 Å². The van der Waals surface area contributed by atoms with Crippen LogP contribution in [0, 0.1) is 4.77 Å². The van der Waals surface area contributed by atoms with Gasteiger partial charge in [0.05, 0.1) is 6.61 Å². The fourth-order valence-electron chi connectivity index (χ4n) is 3.32. The molecule has 0 saturated carbocycles. The Hall–Kier alpha value is -3.46. The number of H-pyrrole nitrogens is 1. The van der Waals surface area contributed by atoms with Gasteiger partial charge < -0.3 is 15.4 Å². The molecule has 1 aromatic heterocycles. The molecule has 0 spiro atoms. The number of benzene rings is 2. The van der Waals surface area contributed by atoms with Crippen molar-refractivity contribution in [3.8, 4) is 17.1 Å². The van der Waals surface area contributed by atoms with Crippen LogP contribution in [0.25, 0.3) is 11.4 Å². The molecule has 0 aliphatic rings. The standard InChI is InChI=1S/C24H29N5O3S/c1-3-6-22(31)26-19-8-5-7-17(15-19)16-25-21(30)13-14-29-23(27-28-24(29)33)18-9-11-20(12-10-18)32-4-2/h5,7-12,15H,3-4,6,13-14,16H2,1-2H3,(H,25,30)(H,26,31)(H,28,33). The fraction of sp³-hybridized carbons (Fsp3) is 0.333. The number of hydrogen-bond acceptors (Lipinski definition) is 5. The first-order valence-electron chi connectivity index (χ1n) is 11.0. The van der Waals surface area contributed by atoms with Crippen LogP contribution in [-0.2, 0) is 22.7 Å². The molecule has 0 atom stereocenters. The summed E-state index contributed by atoms with van der Waals surface area (Å²) in [6.45, 7) is 5.27. The molecule has 0 aliphatic heterocycles. The van der Waals surface area contributed by atoms with Gasteiger partial charge in [0.15, 0.2) is 10.6 Å². The van der Waals surface area contributed by atoms with Gasteiger partial charge in [-0.2, -0.15) is 5.10 Å². The molecule has 8 nitrogen and oxygen atoms in total. The van der Waals surface area contributed by atoms with Crippen LogP contribution < -0.4 is 15.4 Å². The fourth-order valence-corrected chi connectivity index (χ4v) is 3.55. The summed E-state index contributed by atoms with van der Waals surface area (Å²) in [5, 5.41) is 12.9. The summed E-state index contributed by atoms with van der Waals surface area (Å²) in [7, 11) is 0. The minimum Gasteiger partial charge on any atom is -0.494 e. The molecule has 33 heavy (non-hydrogen) atoms. The molecular weight excluding hydrogens is 438 g/mol. The summed E-state index contributed by atoms with van der Waals surface area (Å²) in [5.74, 6) is 1.34. The molecule has 3 aromatic rings. The zero-order valence-corrected chi connectivity index (χ0v) is 19.7. The average molecular weight is 468 g/mol. The monoisotopic (exact) mass is 467 g/mol. The first kappa shape index (κ1) is 24.2. The van der Waals surface area contributed by atoms with Crippen molar-refractivity contribution >= 4 is 29.7 Å². The Balaban J connectivity index is 1.56. The lowest BCUT2D eigenvalue weighted by molar-refractivity contribution is -0.121. The number of aromatic amines is 1. The lowest BCUT2D eigenvalue weighted by atomic mass is 10.2. The van der Waals surface area contributed by atoms with Crippen LogP contribution in [0.15, 0.2) is 48.5 Å². The third-order valence-corrected chi connectivity index (χ3v) is 5.23. The van der Waals surface area contributed by atoms with E-state index in [1.165, 1.54) is 0 Å². The summed E-state index contributed by atoms with van der Waals surface area (Å²) >= 11 is 5.35. The first-order chi connectivity index (χ1) is 16.0. The summed E-state index contributed by atoms with van der Waals surface area (Å²) in [5.41, 5.74) is 2.52. The second kappa shape index (κ2) is 12.0. The van der Waals surface area contributed by atoms with Gasteiger partial charge in [-0.3, -0.25) is 19.3 Å². The molecule has 3 rings (SSSR count). The third kappa shape index (κ3) is 7.01. The van der Waals surface area contributed by atoms with Crippen molar-refractivity contribution in [3.05, 3.63) is 58.9 Å². The first-order valence-corrected chi connectivity index (χ1v) is 11.4. The highest BCUT2D eigenvalue weighted by atomic mass is 32.1. The predicted molar refractivity (Wildman–Crippen MR) is 130 cm³/mol. The minimum absolute atomic E-state index is 0.0149. The Bertz CT molecular complexity index is 1140. The van der Waals surface area contributed by atoms with Crippen molar-refractivity contribution in [3.63, 3.8) is 0 Å². The normalized spacial score (nSPS) is 10.6. The minimum atomic E-state index is -0.101. The topological polar surface area (TPSA) is 101 Å². The molecule has 1 heterocycles. The zero-order valence-electron chi connectivity index (χ0n) is 18.9. The number of amides is 2. The summed E-state index contributed by atoms with van der Waals surface area (Å²) in [6, 6.07) is 15.1. The Morgan fingerprint density at radius 1 is 1.09 bits per heavy atom. The summed E-state index contributed by atoms with van der Waals surface area (Å²) in [6.07, 6.45) is 1.53. The molecule has 174 valence electrons. The van der Waals surface area contributed by atoms with Crippen LogP contribution in [0.5, 0.6) is 5.75 Å². The van der Waals surface area contributed by atoms with Crippen molar-refractivity contribution < 1.29 is 14.3 Å². The zero-order chi connectivity index (χ0) is 23.6. The van der Waals surface area contributed by atoms with Gasteiger partial charge in [-0.15, -0.1) is 0 Å². The number of carbonyl (C=O) groups excluding carboxylic acids is 2. The van der Waals surface area contributed by atoms with Crippen LogP contribution in [0.2, 0.25) is 0 Å². The van der Waals surface area contributed by atoms with E-state index in [2.05, 4.69) is 20.8 Å². The van der Waals surface area contributed by atoms with Gasteiger partial charge in [0.25, 0.3) is 0 Å². The second-order valence-electron chi connectivity index (χ2n) is 7.49. The van der Waals surface area contributed by atoms with E-state index in [9.17, 15) is 9.59 Å². The van der Waals surface area contributed by atoms with Crippen molar-refractivity contribution in [1.29, 1.82) is 0 Å². The van der Waals surface area contributed by atoms with Crippen molar-refractivity contribution in [1.82, 2.24) is 20.1 Å². The van der Waals surface area contributed by atoms with Crippen LogP contribution in [0.1, 0.15) is 38.7 Å². The van der Waals surface area contributed by atoms with Gasteiger partial charge in [-0.25, -0.2) is 0 Å². The van der Waals surface area contributed by atoms with Gasteiger partial charge in [0.2, 0.25) is 11.8 Å². The van der Waals surface area contributed by atoms with E-state index >= 15 is 0 Å². The number of carbonyl (C=O) groups is 2. The number of aromatic nitrogens is 3. The number of nitrogens with one attached hydrogen (secondary N) is 3. The van der Waals surface area contributed by atoms with E-state index in [1.54, 1.807) is 0 Å². The number of hydrogen-bond donors (Lipinski definition) is 3. The van der Waals surface area contributed by atoms with E-state index in [0.29, 0.717) is 36.7 Å². The highest BCUT2D eigenvalue weighted by molar-refractivity contribution is 7.71. The lowest BCUT2D eigenvalue weighted by Crippen LogP contribution is -2.24. The Labute approximate surface area is 198 Å². The number of rotatable bonds is 11. The van der Waals surface area contributed by atoms with Gasteiger partial charge in [0.1, 0.15) is 5.75 Å². The van der Waals surface area contributed by atoms with Gasteiger partial charge >= 0.3 is 0 Å². The molecule has 0 unspecified atom stereocenters. The van der Waals surface area contributed by atoms with E-state index < -0.39 is 0 Å². The van der Waals surface area contributed by atoms with E-state index in [-0.39, 0.29) is 18.2 Å². The largest absolute Gasteiger partial charge is 0.494 e. The molecule has 9 heteroatoms. The number of nitrogens with zero attached hydrogens (tertiary/aromatic N) is 2. The molecule has 2 aromatic carbocycles. The Morgan fingerprint density at radius 3 is 2.61 bits per heavy atom. The Morgan fingerprint density at radius 2 is 1.88 bits per heavy atom. The van der Waals surface area contributed by atoms with Crippen LogP contribution in [0.4, 0.5) is 5.69 Å². The maximum Gasteiger partial charge on any atom is 0.224 e. The maximum atomic E-state index is 12.5. The molecule has 0 aliphatic carbocycles. The highest BCUT2D eigenvalue weighted by Gasteiger charge is 2.11. The molecule has 0 bridgehead atoms. The second-order valence-corrected chi connectivity index (χ2v) is 7.87. The SMILES string of the molecule is CCCC(=O)Nc1cccc(CNC(=O)CCn2c(-c3ccc(OCC)cc3)n[nH]c2=S)c1. The number of ether oxygens (including phenoxy) is 1. The van der Waals surface area contributed by atoms with E-state index in [1.807, 2.05) is 66.9 Å². The summed E-state index contributed by atoms with van der Waals surface area (Å²) < 4.78 is 7.76. The maximum absolute atomic E-state index is 12.5. The van der Waals surface area contributed by atoms with Gasteiger partial charge in [0, 0.05) is 37.2 Å². The Kier molecular flexibility index (Phi) is 8.77. The van der Waals surface area contributed by atoms with Crippen LogP contribution in [-0.4, -0.2) is 33.2 Å². The van der Waals surface area contributed by atoms with Crippen molar-refractivity contribution in [2.45, 2.75) is 46.2 Å². The molecule has 0 saturated heterocycles. The smallest absolute Gasteiger partial charge is 0.224 e. The average Bonchev–Trinajstić information content (AvgIpc) is 3.17. The molecule has 2 amide bonds. The van der Waals surface area contributed by atoms with Gasteiger partial charge in [-0.1, -0.05) is 19.1 Å². The molecule has 3 N–H and O–H groups in total. The summed E-state index contributed by atoms with van der Waals surface area (Å²) in [4.78, 5) is 24.2. The number of anilines is 1. The third-order valence-electron chi connectivity index (χ3n) is 4.92. The molecular formula is C24H29N5O3S. The van der Waals surface area contributed by atoms with Crippen molar-refractivity contribution in [2.75, 3.05) is 11.9 Å². The van der Waals surface area contributed by atoms with Crippen LogP contribution >= 0.6 is 12.2 Å². The highest BCUT2D eigenvalue weighted by Crippen LogP contribution is 2.21. The van der Waals surface area contributed by atoms with E-state index in [0.717, 1.165) is 29.0 Å². The van der Waals surface area contributed by atoms with Crippen LogP contribution in [0.3, 0.4) is 0 Å². The molecule has 0 fully saturated rings. The molecule has 0 radical (unpaired) electrons. The van der Waals surface area contributed by atoms with Crippen molar-refractivity contribution in [2.24, 2.45) is 0 Å². The predicted octanol–water partition coefficient (Wildman–Crippen LogP) is 4.45. The van der Waals surface area contributed by atoms with E-state index in [4.69, 9.17) is 17.0 Å². The quantitative estimate of drug-likeness (QED) is 0.362. The lowest BCUT2D eigenvalue weighted by Gasteiger charge is -2.10.